The average molecular weight is 340 g/mol. The molecule has 6 heteroatoms. The highest BCUT2D eigenvalue weighted by Gasteiger charge is 2.31. The van der Waals surface area contributed by atoms with Gasteiger partial charge in [-0.1, -0.05) is 24.3 Å². The second kappa shape index (κ2) is 7.61. The van der Waals surface area contributed by atoms with Gasteiger partial charge in [0.2, 0.25) is 5.91 Å². The summed E-state index contributed by atoms with van der Waals surface area (Å²) in [6, 6.07) is 10.2. The number of carbonyl (C=O) groups excluding carboxylic acids is 2. The Labute approximate surface area is 147 Å². The number of fused-ring (bicyclic) bond motifs is 1. The van der Waals surface area contributed by atoms with Gasteiger partial charge in [0, 0.05) is 43.7 Å². The van der Waals surface area contributed by atoms with Gasteiger partial charge in [0.05, 0.1) is 0 Å². The number of aromatic nitrogens is 1. The third-order valence-corrected chi connectivity index (χ3v) is 5.05. The maximum Gasteiger partial charge on any atom is 0.269 e. The summed E-state index contributed by atoms with van der Waals surface area (Å²) in [6.07, 6.45) is 4.18. The summed E-state index contributed by atoms with van der Waals surface area (Å²) in [5.74, 6) is -0.101. The quantitative estimate of drug-likeness (QED) is 0.866. The van der Waals surface area contributed by atoms with Crippen molar-refractivity contribution in [3.8, 4) is 0 Å². The SMILES string of the molecule is CNC(=O)C[C@H]1CC[C@@H](CNC(=O)c2cc3ccccc3cn2)N1C. The number of likely N-dealkylation sites (tertiary alicyclic amines) is 1. The first-order valence-corrected chi connectivity index (χ1v) is 8.64. The molecule has 1 aromatic carbocycles. The van der Waals surface area contributed by atoms with E-state index in [0.29, 0.717) is 18.7 Å². The van der Waals surface area contributed by atoms with Crippen molar-refractivity contribution in [2.45, 2.75) is 31.3 Å². The number of pyridine rings is 1. The van der Waals surface area contributed by atoms with Crippen molar-refractivity contribution in [1.29, 1.82) is 0 Å². The maximum atomic E-state index is 12.4. The summed E-state index contributed by atoms with van der Waals surface area (Å²) in [6.45, 7) is 0.564. The fourth-order valence-electron chi connectivity index (χ4n) is 3.41. The second-order valence-electron chi connectivity index (χ2n) is 6.55. The third-order valence-electron chi connectivity index (χ3n) is 5.05. The smallest absolute Gasteiger partial charge is 0.269 e. The molecule has 0 aliphatic carbocycles. The minimum absolute atomic E-state index is 0.0573. The fraction of sp³-hybridized carbons (Fsp3) is 0.421. The van der Waals surface area contributed by atoms with Gasteiger partial charge in [0.25, 0.3) is 5.91 Å². The Balaban J connectivity index is 1.57. The van der Waals surface area contributed by atoms with Crippen molar-refractivity contribution in [3.05, 3.63) is 42.2 Å². The zero-order chi connectivity index (χ0) is 17.8. The van der Waals surface area contributed by atoms with E-state index < -0.39 is 0 Å². The first-order chi connectivity index (χ1) is 12.1. The van der Waals surface area contributed by atoms with E-state index >= 15 is 0 Å². The summed E-state index contributed by atoms with van der Waals surface area (Å²) in [5.41, 5.74) is 0.432. The van der Waals surface area contributed by atoms with Gasteiger partial charge in [-0.15, -0.1) is 0 Å². The predicted octanol–water partition coefficient (Wildman–Crippen LogP) is 1.56. The van der Waals surface area contributed by atoms with Crippen LogP contribution >= 0.6 is 0 Å². The molecule has 132 valence electrons. The molecule has 0 unspecified atom stereocenters. The van der Waals surface area contributed by atoms with Crippen LogP contribution in [-0.4, -0.2) is 54.4 Å². The Bertz CT molecular complexity index is 777. The largest absolute Gasteiger partial charge is 0.359 e. The number of rotatable bonds is 5. The minimum atomic E-state index is -0.158. The molecule has 2 N–H and O–H groups in total. The van der Waals surface area contributed by atoms with Gasteiger partial charge in [-0.2, -0.15) is 0 Å². The summed E-state index contributed by atoms with van der Waals surface area (Å²) in [5, 5.41) is 7.68. The fourth-order valence-corrected chi connectivity index (χ4v) is 3.41. The average Bonchev–Trinajstić information content (AvgIpc) is 2.98. The van der Waals surface area contributed by atoms with E-state index in [2.05, 4.69) is 20.5 Å². The summed E-state index contributed by atoms with van der Waals surface area (Å²) in [4.78, 5) is 30.4. The zero-order valence-electron chi connectivity index (χ0n) is 14.7. The van der Waals surface area contributed by atoms with Crippen molar-refractivity contribution < 1.29 is 9.59 Å². The van der Waals surface area contributed by atoms with E-state index in [9.17, 15) is 9.59 Å². The first-order valence-electron chi connectivity index (χ1n) is 8.64. The number of benzene rings is 1. The van der Waals surface area contributed by atoms with Crippen molar-refractivity contribution >= 4 is 22.6 Å². The van der Waals surface area contributed by atoms with Crippen molar-refractivity contribution in [2.75, 3.05) is 20.6 Å². The maximum absolute atomic E-state index is 12.4. The van der Waals surface area contributed by atoms with Crippen LogP contribution in [0.15, 0.2) is 36.5 Å². The van der Waals surface area contributed by atoms with Gasteiger partial charge in [-0.25, -0.2) is 0 Å². The number of carbonyl (C=O) groups is 2. The highest BCUT2D eigenvalue weighted by atomic mass is 16.2. The van der Waals surface area contributed by atoms with Crippen molar-refractivity contribution in [1.82, 2.24) is 20.5 Å². The van der Waals surface area contributed by atoms with Crippen LogP contribution in [-0.2, 0) is 4.79 Å². The minimum Gasteiger partial charge on any atom is -0.359 e. The summed E-state index contributed by atoms with van der Waals surface area (Å²) < 4.78 is 0. The number of nitrogens with zero attached hydrogens (tertiary/aromatic N) is 2. The number of likely N-dealkylation sites (N-methyl/N-ethyl adjacent to an activating group) is 1. The molecule has 0 bridgehead atoms. The molecular formula is C19H24N4O2. The van der Waals surface area contributed by atoms with Crippen LogP contribution < -0.4 is 10.6 Å². The predicted molar refractivity (Wildman–Crippen MR) is 97.3 cm³/mol. The number of nitrogens with one attached hydrogen (secondary N) is 2. The standard InChI is InChI=1S/C19H24N4O2/c1-20-18(24)10-15-7-8-16(23(15)2)12-22-19(25)17-9-13-5-3-4-6-14(13)11-21-17/h3-6,9,11,15-16H,7-8,10,12H2,1-2H3,(H,20,24)(H,22,25)/t15-,16+/m1/s1. The lowest BCUT2D eigenvalue weighted by Crippen LogP contribution is -2.42. The summed E-state index contributed by atoms with van der Waals surface area (Å²) in [7, 11) is 3.68. The highest BCUT2D eigenvalue weighted by Crippen LogP contribution is 2.24. The van der Waals surface area contributed by atoms with Gasteiger partial charge >= 0.3 is 0 Å². The Kier molecular flexibility index (Phi) is 5.28. The molecule has 2 heterocycles. The lowest BCUT2D eigenvalue weighted by molar-refractivity contribution is -0.121. The molecule has 0 saturated carbocycles. The van der Waals surface area contributed by atoms with E-state index in [1.54, 1.807) is 13.2 Å². The lowest BCUT2D eigenvalue weighted by atomic mass is 10.1. The molecule has 0 spiro atoms. The molecular weight excluding hydrogens is 316 g/mol. The molecule has 3 rings (SSSR count). The molecule has 2 amide bonds. The zero-order valence-corrected chi connectivity index (χ0v) is 14.7. The molecule has 0 radical (unpaired) electrons. The second-order valence-corrected chi connectivity index (χ2v) is 6.55. The monoisotopic (exact) mass is 340 g/mol. The van der Waals surface area contributed by atoms with Crippen molar-refractivity contribution in [3.63, 3.8) is 0 Å². The third kappa shape index (κ3) is 3.96. The van der Waals surface area contributed by atoms with Gasteiger partial charge in [-0.05, 0) is 31.3 Å². The number of amides is 2. The van der Waals surface area contributed by atoms with Crippen LogP contribution in [0.3, 0.4) is 0 Å². The Morgan fingerprint density at radius 2 is 1.92 bits per heavy atom. The van der Waals surface area contributed by atoms with E-state index in [1.807, 2.05) is 37.4 Å². The van der Waals surface area contributed by atoms with E-state index in [0.717, 1.165) is 23.6 Å². The van der Waals surface area contributed by atoms with Gasteiger partial charge < -0.3 is 10.6 Å². The van der Waals surface area contributed by atoms with Gasteiger partial charge in [0.15, 0.2) is 0 Å². The molecule has 2 aromatic rings. The van der Waals surface area contributed by atoms with Gasteiger partial charge in [0.1, 0.15) is 5.69 Å². The van der Waals surface area contributed by atoms with E-state index in [4.69, 9.17) is 0 Å². The lowest BCUT2D eigenvalue weighted by Gasteiger charge is -2.25. The van der Waals surface area contributed by atoms with Crippen LogP contribution in [0.4, 0.5) is 0 Å². The van der Waals surface area contributed by atoms with E-state index in [1.165, 1.54) is 0 Å². The van der Waals surface area contributed by atoms with Crippen LogP contribution in [0, 0.1) is 0 Å². The molecule has 1 aliphatic heterocycles. The van der Waals surface area contributed by atoms with E-state index in [-0.39, 0.29) is 23.9 Å². The Morgan fingerprint density at radius 3 is 2.68 bits per heavy atom. The van der Waals surface area contributed by atoms with Crippen molar-refractivity contribution in [2.24, 2.45) is 0 Å². The normalized spacial score (nSPS) is 20.6. The molecule has 1 aromatic heterocycles. The van der Waals surface area contributed by atoms with Crippen LogP contribution in [0.25, 0.3) is 10.8 Å². The number of hydrogen-bond donors (Lipinski definition) is 2. The first kappa shape index (κ1) is 17.4. The summed E-state index contributed by atoms with van der Waals surface area (Å²) >= 11 is 0. The molecule has 1 saturated heterocycles. The number of hydrogen-bond acceptors (Lipinski definition) is 4. The molecule has 2 atom stereocenters. The topological polar surface area (TPSA) is 74.3 Å². The molecule has 1 aliphatic rings. The highest BCUT2D eigenvalue weighted by molar-refractivity contribution is 5.96. The van der Waals surface area contributed by atoms with Crippen LogP contribution in [0.1, 0.15) is 29.8 Å². The molecule has 25 heavy (non-hydrogen) atoms. The van der Waals surface area contributed by atoms with Gasteiger partial charge in [-0.3, -0.25) is 19.5 Å². The Hall–Kier alpha value is -2.47. The Morgan fingerprint density at radius 1 is 1.20 bits per heavy atom. The van der Waals surface area contributed by atoms with Crippen LogP contribution in [0.5, 0.6) is 0 Å². The van der Waals surface area contributed by atoms with Crippen LogP contribution in [0.2, 0.25) is 0 Å². The molecule has 6 nitrogen and oxygen atoms in total. The molecule has 1 fully saturated rings.